The minimum absolute atomic E-state index is 0.0602. The summed E-state index contributed by atoms with van der Waals surface area (Å²) in [6, 6.07) is 18.6. The van der Waals surface area contributed by atoms with Crippen molar-refractivity contribution in [3.05, 3.63) is 107 Å². The second-order valence-electron chi connectivity index (χ2n) is 10.8. The molecule has 0 unspecified atom stereocenters. The zero-order chi connectivity index (χ0) is 35.1. The van der Waals surface area contributed by atoms with Crippen LogP contribution in [0, 0.1) is 11.7 Å². The van der Waals surface area contributed by atoms with Gasteiger partial charge in [0.25, 0.3) is 0 Å². The van der Waals surface area contributed by atoms with Crippen LogP contribution in [-0.4, -0.2) is 60.2 Å². The van der Waals surface area contributed by atoms with Crippen LogP contribution in [0.15, 0.2) is 84.6 Å². The quantitative estimate of drug-likeness (QED) is 0.131. The van der Waals surface area contributed by atoms with Gasteiger partial charge < -0.3 is 30.0 Å². The summed E-state index contributed by atoms with van der Waals surface area (Å²) in [6.45, 7) is 3.05. The van der Waals surface area contributed by atoms with Crippen LogP contribution in [0.3, 0.4) is 0 Å². The van der Waals surface area contributed by atoms with E-state index in [1.54, 1.807) is 38.1 Å². The Morgan fingerprint density at radius 1 is 0.938 bits per heavy atom. The van der Waals surface area contributed by atoms with Crippen LogP contribution in [0.1, 0.15) is 30.5 Å². The van der Waals surface area contributed by atoms with Crippen molar-refractivity contribution in [2.75, 3.05) is 19.5 Å². The molecule has 3 rings (SSSR count). The summed E-state index contributed by atoms with van der Waals surface area (Å²) in [5.74, 6) is -3.84. The number of hydrogen-bond acceptors (Lipinski definition) is 9. The normalized spacial score (nSPS) is 11.7. The van der Waals surface area contributed by atoms with Crippen molar-refractivity contribution in [2.24, 2.45) is 5.92 Å². The number of hydrogen-bond donors (Lipinski definition) is 3. The Bertz CT molecular complexity index is 1610. The lowest BCUT2D eigenvalue weighted by atomic mass is 10.0. The standard InChI is InChI=1S/C35H37FN2O9S/c1-22(2)34(35(44)37-28(17-32(41)42)29(39)21-48-20-24-7-5-4-6-8-24)38-31(40)16-25-15-27(46-19-33(43)45-3)13-14-30(25)47-18-23-9-11-26(36)12-10-23/h4-15,17,22,34H,16,18-21H2,1-3H3,(H,37,44)(H,38,40)(H,41,42)/b28-17+/t34-/m0/s1. The molecule has 2 amide bonds. The Morgan fingerprint density at radius 2 is 1.65 bits per heavy atom. The molecule has 11 nitrogen and oxygen atoms in total. The number of rotatable bonds is 18. The molecule has 0 radical (unpaired) electrons. The molecule has 1 atom stereocenters. The third-order valence-corrected chi connectivity index (χ3v) is 7.72. The number of ether oxygens (including phenoxy) is 3. The van der Waals surface area contributed by atoms with E-state index in [-0.39, 0.29) is 31.1 Å². The van der Waals surface area contributed by atoms with Gasteiger partial charge in [-0.2, -0.15) is 0 Å². The third-order valence-electron chi connectivity index (χ3n) is 6.71. The summed E-state index contributed by atoms with van der Waals surface area (Å²) in [5, 5.41) is 14.4. The zero-order valence-corrected chi connectivity index (χ0v) is 27.5. The van der Waals surface area contributed by atoms with Gasteiger partial charge in [0.2, 0.25) is 11.8 Å². The van der Waals surface area contributed by atoms with E-state index in [4.69, 9.17) is 9.47 Å². The fourth-order valence-corrected chi connectivity index (χ4v) is 5.10. The van der Waals surface area contributed by atoms with Crippen LogP contribution < -0.4 is 20.1 Å². The van der Waals surface area contributed by atoms with Gasteiger partial charge in [-0.25, -0.2) is 14.0 Å². The van der Waals surface area contributed by atoms with Crippen LogP contribution in [-0.2, 0) is 47.5 Å². The van der Waals surface area contributed by atoms with E-state index in [2.05, 4.69) is 15.4 Å². The predicted octanol–water partition coefficient (Wildman–Crippen LogP) is 4.23. The highest BCUT2D eigenvalue weighted by Crippen LogP contribution is 2.26. The highest BCUT2D eigenvalue weighted by Gasteiger charge is 2.27. The number of benzene rings is 3. The van der Waals surface area contributed by atoms with E-state index in [0.717, 1.165) is 5.56 Å². The van der Waals surface area contributed by atoms with E-state index in [1.165, 1.54) is 37.1 Å². The number of amides is 2. The molecule has 0 heterocycles. The lowest BCUT2D eigenvalue weighted by molar-refractivity contribution is -0.143. The number of esters is 1. The highest BCUT2D eigenvalue weighted by molar-refractivity contribution is 7.99. The number of ketones is 1. The molecular formula is C35H37FN2O9S. The molecule has 0 fully saturated rings. The van der Waals surface area contributed by atoms with E-state index in [0.29, 0.717) is 28.7 Å². The van der Waals surface area contributed by atoms with Crippen molar-refractivity contribution in [3.63, 3.8) is 0 Å². The van der Waals surface area contributed by atoms with Crippen molar-refractivity contribution in [1.29, 1.82) is 0 Å². The van der Waals surface area contributed by atoms with Gasteiger partial charge in [-0.1, -0.05) is 56.3 Å². The number of Topliss-reactive ketones (excluding diaryl/α,β-unsaturated/α-hetero) is 1. The number of halogens is 1. The number of carboxylic acids is 1. The second kappa shape index (κ2) is 18.8. The van der Waals surface area contributed by atoms with Crippen molar-refractivity contribution >= 4 is 41.3 Å². The maximum absolute atomic E-state index is 13.3. The average molecular weight is 681 g/mol. The molecule has 48 heavy (non-hydrogen) atoms. The van der Waals surface area contributed by atoms with Gasteiger partial charge in [0.05, 0.1) is 31.1 Å². The summed E-state index contributed by atoms with van der Waals surface area (Å²) < 4.78 is 29.3. The highest BCUT2D eigenvalue weighted by atomic mass is 32.2. The molecule has 3 aromatic rings. The minimum atomic E-state index is -1.42. The first kappa shape index (κ1) is 37.3. The van der Waals surface area contributed by atoms with Crippen LogP contribution in [0.5, 0.6) is 11.5 Å². The third kappa shape index (κ3) is 12.6. The molecule has 0 saturated heterocycles. The molecule has 0 spiro atoms. The molecule has 0 aliphatic heterocycles. The Morgan fingerprint density at radius 3 is 2.29 bits per heavy atom. The molecule has 0 aliphatic rings. The summed E-state index contributed by atoms with van der Waals surface area (Å²) >= 11 is 1.27. The molecule has 3 aromatic carbocycles. The molecule has 0 saturated carbocycles. The lowest BCUT2D eigenvalue weighted by Crippen LogP contribution is -2.50. The van der Waals surface area contributed by atoms with Gasteiger partial charge in [0.1, 0.15) is 30.0 Å². The molecule has 0 aromatic heterocycles. The largest absolute Gasteiger partial charge is 0.489 e. The molecule has 254 valence electrons. The molecule has 13 heteroatoms. The lowest BCUT2D eigenvalue weighted by Gasteiger charge is -2.23. The number of carbonyl (C=O) groups excluding carboxylic acids is 4. The summed E-state index contributed by atoms with van der Waals surface area (Å²) in [7, 11) is 1.22. The van der Waals surface area contributed by atoms with E-state index < -0.39 is 53.0 Å². The first-order chi connectivity index (χ1) is 22.9. The van der Waals surface area contributed by atoms with E-state index in [1.807, 2.05) is 30.3 Å². The van der Waals surface area contributed by atoms with Crippen molar-refractivity contribution in [3.8, 4) is 11.5 Å². The van der Waals surface area contributed by atoms with Crippen LogP contribution in [0.2, 0.25) is 0 Å². The SMILES string of the molecule is COC(=O)COc1ccc(OCc2ccc(F)cc2)c(CC(=O)N[C@H](C(=O)N/C(=C/C(=O)O)C(=O)CSCc2ccccc2)C(C)C)c1. The fourth-order valence-electron chi connectivity index (χ4n) is 4.23. The Balaban J connectivity index is 1.72. The Kier molecular flexibility index (Phi) is 14.6. The number of thioether (sulfide) groups is 1. The van der Waals surface area contributed by atoms with Crippen molar-refractivity contribution < 1.29 is 47.7 Å². The molecule has 0 bridgehead atoms. The topological polar surface area (TPSA) is 157 Å². The first-order valence-corrected chi connectivity index (χ1v) is 16.0. The Labute approximate surface area is 281 Å². The minimum Gasteiger partial charge on any atom is -0.489 e. The fraction of sp³-hybridized carbons (Fsp3) is 0.286. The van der Waals surface area contributed by atoms with Crippen LogP contribution in [0.4, 0.5) is 4.39 Å². The summed E-state index contributed by atoms with van der Waals surface area (Å²) in [4.78, 5) is 62.6. The predicted molar refractivity (Wildman–Crippen MR) is 177 cm³/mol. The number of allylic oxidation sites excluding steroid dienone is 1. The maximum Gasteiger partial charge on any atom is 0.343 e. The number of carbonyl (C=O) groups is 5. The van der Waals surface area contributed by atoms with Gasteiger partial charge in [-0.15, -0.1) is 11.8 Å². The van der Waals surface area contributed by atoms with Crippen molar-refractivity contribution in [1.82, 2.24) is 10.6 Å². The van der Waals surface area contributed by atoms with Gasteiger partial charge in [0.15, 0.2) is 12.4 Å². The molecule has 0 aliphatic carbocycles. The molecular weight excluding hydrogens is 643 g/mol. The van der Waals surface area contributed by atoms with Crippen molar-refractivity contribution in [2.45, 2.75) is 38.7 Å². The Hall–Kier alpha value is -5.17. The average Bonchev–Trinajstić information content (AvgIpc) is 3.06. The number of carboxylic acid groups (broad SMARTS) is 1. The number of aliphatic carboxylic acids is 1. The first-order valence-electron chi connectivity index (χ1n) is 14.8. The zero-order valence-electron chi connectivity index (χ0n) is 26.7. The number of methoxy groups -OCH3 is 1. The van der Waals surface area contributed by atoms with Gasteiger partial charge in [-0.3, -0.25) is 14.4 Å². The van der Waals surface area contributed by atoms with Gasteiger partial charge >= 0.3 is 11.9 Å². The monoisotopic (exact) mass is 680 g/mol. The molecule has 3 N–H and O–H groups in total. The van der Waals surface area contributed by atoms with Gasteiger partial charge in [0, 0.05) is 11.3 Å². The van der Waals surface area contributed by atoms with E-state index >= 15 is 0 Å². The van der Waals surface area contributed by atoms with E-state index in [9.17, 15) is 33.5 Å². The second-order valence-corrected chi connectivity index (χ2v) is 11.8. The number of nitrogens with one attached hydrogen (secondary N) is 2. The van der Waals surface area contributed by atoms with Gasteiger partial charge in [-0.05, 0) is 47.4 Å². The summed E-state index contributed by atoms with van der Waals surface area (Å²) in [6.07, 6.45) is 0.352. The van der Waals surface area contributed by atoms with Crippen LogP contribution >= 0.6 is 11.8 Å². The van der Waals surface area contributed by atoms with Crippen LogP contribution in [0.25, 0.3) is 0 Å². The summed E-state index contributed by atoms with van der Waals surface area (Å²) in [5.41, 5.74) is 1.61. The smallest absolute Gasteiger partial charge is 0.343 e. The maximum atomic E-state index is 13.3.